The third kappa shape index (κ3) is 4.95. The first-order valence-corrected chi connectivity index (χ1v) is 10.5. The molecule has 1 saturated heterocycles. The maximum Gasteiger partial charge on any atom is 0.248 e. The van der Waals surface area contributed by atoms with E-state index in [9.17, 15) is 9.90 Å². The normalized spacial score (nSPS) is 18.5. The number of pyridine rings is 1. The van der Waals surface area contributed by atoms with Crippen molar-refractivity contribution in [3.63, 3.8) is 0 Å². The molecule has 0 spiro atoms. The summed E-state index contributed by atoms with van der Waals surface area (Å²) in [7, 11) is 0. The topological polar surface area (TPSA) is 68.8 Å². The number of ether oxygens (including phenoxy) is 1. The van der Waals surface area contributed by atoms with Crippen LogP contribution in [0.5, 0.6) is 5.75 Å². The van der Waals surface area contributed by atoms with E-state index in [4.69, 9.17) is 16.3 Å². The van der Waals surface area contributed by atoms with Crippen molar-refractivity contribution in [3.05, 3.63) is 70.0 Å². The number of anilines is 1. The monoisotopic (exact) mass is 427 g/mol. The lowest BCUT2D eigenvalue weighted by Gasteiger charge is -2.41. The van der Waals surface area contributed by atoms with Crippen LogP contribution in [-0.2, 0) is 0 Å². The molecule has 1 aliphatic heterocycles. The number of β-amino-alcohol motifs (C(OH)–C–C–N with tert-alkyl or cyclic N) is 1. The second kappa shape index (κ2) is 9.08. The van der Waals surface area contributed by atoms with Crippen LogP contribution >= 0.6 is 11.6 Å². The Balaban J connectivity index is 1.29. The highest BCUT2D eigenvalue weighted by Crippen LogP contribution is 2.22. The van der Waals surface area contributed by atoms with Crippen LogP contribution in [0.1, 0.15) is 6.92 Å². The summed E-state index contributed by atoms with van der Waals surface area (Å²) in [5.41, 5.74) is 1.81. The van der Waals surface area contributed by atoms with Crippen LogP contribution in [0.3, 0.4) is 0 Å². The number of hydrogen-bond donors (Lipinski definition) is 2. The van der Waals surface area contributed by atoms with Crippen molar-refractivity contribution >= 4 is 28.2 Å². The predicted molar refractivity (Wildman–Crippen MR) is 121 cm³/mol. The molecule has 0 saturated carbocycles. The number of nitrogens with one attached hydrogen (secondary N) is 1. The van der Waals surface area contributed by atoms with Gasteiger partial charge in [0.05, 0.1) is 0 Å². The van der Waals surface area contributed by atoms with Crippen LogP contribution in [0, 0.1) is 0 Å². The summed E-state index contributed by atoms with van der Waals surface area (Å²) >= 11 is 5.99. The van der Waals surface area contributed by atoms with Crippen molar-refractivity contribution in [2.75, 3.05) is 37.7 Å². The minimum atomic E-state index is -0.583. The van der Waals surface area contributed by atoms with Gasteiger partial charge in [0, 0.05) is 59.9 Å². The van der Waals surface area contributed by atoms with Crippen molar-refractivity contribution in [3.8, 4) is 5.75 Å². The molecule has 0 aliphatic carbocycles. The van der Waals surface area contributed by atoms with Gasteiger partial charge in [0.25, 0.3) is 0 Å². The Morgan fingerprint density at radius 3 is 2.73 bits per heavy atom. The molecular formula is C23H26ClN3O3. The number of aromatic nitrogens is 1. The molecule has 2 aromatic carbocycles. The molecule has 2 atom stereocenters. The minimum absolute atomic E-state index is 0.128. The van der Waals surface area contributed by atoms with Gasteiger partial charge < -0.3 is 19.7 Å². The molecule has 7 heteroatoms. The smallest absolute Gasteiger partial charge is 0.248 e. The van der Waals surface area contributed by atoms with Crippen molar-refractivity contribution in [1.82, 2.24) is 9.88 Å². The molecule has 0 amide bonds. The quantitative estimate of drug-likeness (QED) is 0.632. The zero-order chi connectivity index (χ0) is 21.1. The van der Waals surface area contributed by atoms with Crippen molar-refractivity contribution < 1.29 is 9.84 Å². The molecule has 30 heavy (non-hydrogen) atoms. The third-order valence-corrected chi connectivity index (χ3v) is 5.79. The first-order valence-electron chi connectivity index (χ1n) is 10.2. The van der Waals surface area contributed by atoms with Crippen LogP contribution in [-0.4, -0.2) is 59.9 Å². The van der Waals surface area contributed by atoms with E-state index in [-0.39, 0.29) is 12.2 Å². The Labute approximate surface area is 180 Å². The van der Waals surface area contributed by atoms with Gasteiger partial charge >= 0.3 is 0 Å². The van der Waals surface area contributed by atoms with E-state index in [2.05, 4.69) is 21.7 Å². The molecule has 0 unspecified atom stereocenters. The summed E-state index contributed by atoms with van der Waals surface area (Å²) in [4.78, 5) is 18.8. The Morgan fingerprint density at radius 2 is 1.97 bits per heavy atom. The lowest BCUT2D eigenvalue weighted by atomic mass is 10.1. The van der Waals surface area contributed by atoms with Gasteiger partial charge in [0.2, 0.25) is 5.56 Å². The largest absolute Gasteiger partial charge is 0.491 e. The molecule has 4 rings (SSSR count). The average molecular weight is 428 g/mol. The fourth-order valence-electron chi connectivity index (χ4n) is 3.89. The van der Waals surface area contributed by atoms with Crippen LogP contribution in [0.2, 0.25) is 5.02 Å². The molecule has 2 N–H and O–H groups in total. The number of fused-ring (bicyclic) bond motifs is 1. The van der Waals surface area contributed by atoms with E-state index >= 15 is 0 Å². The summed E-state index contributed by atoms with van der Waals surface area (Å²) in [5.74, 6) is 0.675. The van der Waals surface area contributed by atoms with E-state index in [1.54, 1.807) is 12.1 Å². The van der Waals surface area contributed by atoms with E-state index in [0.717, 1.165) is 35.6 Å². The number of aliphatic hydroxyl groups is 1. The van der Waals surface area contributed by atoms with Gasteiger partial charge in [-0.15, -0.1) is 0 Å². The van der Waals surface area contributed by atoms with Crippen LogP contribution in [0.25, 0.3) is 10.9 Å². The second-order valence-electron chi connectivity index (χ2n) is 7.80. The lowest BCUT2D eigenvalue weighted by molar-refractivity contribution is 0.0513. The number of aromatic amines is 1. The number of rotatable bonds is 6. The van der Waals surface area contributed by atoms with Gasteiger partial charge in [0.15, 0.2) is 0 Å². The summed E-state index contributed by atoms with van der Waals surface area (Å²) < 4.78 is 5.79. The molecule has 158 valence electrons. The Kier molecular flexibility index (Phi) is 6.27. The summed E-state index contributed by atoms with van der Waals surface area (Å²) in [6, 6.07) is 17.0. The van der Waals surface area contributed by atoms with Gasteiger partial charge in [-0.25, -0.2) is 0 Å². The van der Waals surface area contributed by atoms with Crippen molar-refractivity contribution in [1.29, 1.82) is 0 Å². The highest BCUT2D eigenvalue weighted by Gasteiger charge is 2.25. The Bertz CT molecular complexity index is 1050. The summed E-state index contributed by atoms with van der Waals surface area (Å²) in [6.07, 6.45) is -0.583. The SMILES string of the molecule is C[C@H]1CN(c2ccc(Cl)cc2)CCN1C[C@@H](O)COc1ccc2[nH]c(=O)ccc2c1. The van der Waals surface area contributed by atoms with Crippen LogP contribution in [0.15, 0.2) is 59.4 Å². The van der Waals surface area contributed by atoms with E-state index in [1.807, 2.05) is 36.4 Å². The first kappa shape index (κ1) is 20.7. The van der Waals surface area contributed by atoms with E-state index < -0.39 is 6.10 Å². The van der Waals surface area contributed by atoms with Gasteiger partial charge in [0.1, 0.15) is 18.5 Å². The van der Waals surface area contributed by atoms with Crippen LogP contribution in [0.4, 0.5) is 5.69 Å². The Morgan fingerprint density at radius 1 is 1.17 bits per heavy atom. The number of halogens is 1. The highest BCUT2D eigenvalue weighted by atomic mass is 35.5. The fourth-order valence-corrected chi connectivity index (χ4v) is 4.02. The van der Waals surface area contributed by atoms with Gasteiger partial charge in [-0.05, 0) is 55.5 Å². The maximum absolute atomic E-state index is 11.4. The summed E-state index contributed by atoms with van der Waals surface area (Å²) in [6.45, 7) is 5.65. The molecule has 6 nitrogen and oxygen atoms in total. The zero-order valence-corrected chi connectivity index (χ0v) is 17.7. The number of H-pyrrole nitrogens is 1. The van der Waals surface area contributed by atoms with E-state index in [1.165, 1.54) is 11.8 Å². The number of benzene rings is 2. The molecule has 1 fully saturated rings. The van der Waals surface area contributed by atoms with Crippen LogP contribution < -0.4 is 15.2 Å². The number of aliphatic hydroxyl groups excluding tert-OH is 1. The zero-order valence-electron chi connectivity index (χ0n) is 16.9. The number of hydrogen-bond acceptors (Lipinski definition) is 5. The fraction of sp³-hybridized carbons (Fsp3) is 0.348. The van der Waals surface area contributed by atoms with Crippen molar-refractivity contribution in [2.45, 2.75) is 19.1 Å². The molecular weight excluding hydrogens is 402 g/mol. The van der Waals surface area contributed by atoms with Gasteiger partial charge in [-0.1, -0.05) is 11.6 Å². The second-order valence-corrected chi connectivity index (χ2v) is 8.24. The number of nitrogens with zero attached hydrogens (tertiary/aromatic N) is 2. The summed E-state index contributed by atoms with van der Waals surface area (Å²) in [5, 5.41) is 12.1. The van der Waals surface area contributed by atoms with Gasteiger partial charge in [-0.3, -0.25) is 9.69 Å². The third-order valence-electron chi connectivity index (χ3n) is 5.54. The molecule has 0 bridgehead atoms. The first-order chi connectivity index (χ1) is 14.5. The predicted octanol–water partition coefficient (Wildman–Crippen LogP) is 3.13. The standard InChI is InChI=1S/C23H26ClN3O3/c1-16-13-27(19-5-3-18(24)4-6-19)11-10-26(16)14-20(28)15-30-21-7-8-22-17(12-21)2-9-23(29)25-22/h2-9,12,16,20,28H,10-11,13-15H2,1H3,(H,25,29)/t16-,20+/m0/s1. The molecule has 0 radical (unpaired) electrons. The highest BCUT2D eigenvalue weighted by molar-refractivity contribution is 6.30. The molecule has 3 aromatic rings. The number of piperazine rings is 1. The molecule has 1 aromatic heterocycles. The van der Waals surface area contributed by atoms with Crippen molar-refractivity contribution in [2.24, 2.45) is 0 Å². The maximum atomic E-state index is 11.4. The minimum Gasteiger partial charge on any atom is -0.491 e. The Hall–Kier alpha value is -2.54. The molecule has 1 aliphatic rings. The van der Waals surface area contributed by atoms with E-state index in [0.29, 0.717) is 18.3 Å². The molecule has 2 heterocycles. The average Bonchev–Trinajstić information content (AvgIpc) is 2.74. The lowest BCUT2D eigenvalue weighted by Crippen LogP contribution is -2.54. The van der Waals surface area contributed by atoms with Gasteiger partial charge in [-0.2, -0.15) is 0 Å².